The molecule has 2 heteroatoms. The van der Waals surface area contributed by atoms with Crippen molar-refractivity contribution in [3.05, 3.63) is 22.3 Å². The van der Waals surface area contributed by atoms with Gasteiger partial charge in [0.25, 0.3) is 0 Å². The van der Waals surface area contributed by atoms with Crippen molar-refractivity contribution in [3.8, 4) is 0 Å². The standard InChI is InChI=1S/C14H23ClSi/c1-10-11(2)13(4)14(12(10)3)16(15)8-6-5-7-9-16/h14H,5-9H2,1-4H3. The second kappa shape index (κ2) is 4.34. The maximum absolute atomic E-state index is 7.07. The molecule has 2 rings (SSSR count). The maximum atomic E-state index is 7.07. The molecule has 0 amide bonds. The Labute approximate surface area is 105 Å². The summed E-state index contributed by atoms with van der Waals surface area (Å²) in [5.74, 6) is 0. The highest BCUT2D eigenvalue weighted by atomic mass is 35.6. The third-order valence-electron chi connectivity index (χ3n) is 4.81. The van der Waals surface area contributed by atoms with Crippen LogP contribution in [0.5, 0.6) is 0 Å². The van der Waals surface area contributed by atoms with E-state index in [4.69, 9.17) is 11.1 Å². The Morgan fingerprint density at radius 3 is 1.75 bits per heavy atom. The van der Waals surface area contributed by atoms with Crippen molar-refractivity contribution >= 4 is 18.5 Å². The molecule has 1 aliphatic heterocycles. The van der Waals surface area contributed by atoms with Gasteiger partial charge in [0.1, 0.15) is 0 Å². The number of hydrogen-bond donors (Lipinski definition) is 0. The van der Waals surface area contributed by atoms with Gasteiger partial charge in [-0.2, -0.15) is 11.1 Å². The Bertz CT molecular complexity index is 335. The van der Waals surface area contributed by atoms with E-state index in [9.17, 15) is 0 Å². The summed E-state index contributed by atoms with van der Waals surface area (Å²) >= 11 is 7.07. The van der Waals surface area contributed by atoms with E-state index < -0.39 is 7.38 Å². The molecule has 16 heavy (non-hydrogen) atoms. The molecule has 0 bridgehead atoms. The number of allylic oxidation sites excluding steroid dienone is 4. The predicted molar refractivity (Wildman–Crippen MR) is 75.6 cm³/mol. The fourth-order valence-electron chi connectivity index (χ4n) is 3.55. The van der Waals surface area contributed by atoms with Crippen molar-refractivity contribution in [2.24, 2.45) is 0 Å². The molecular formula is C14H23ClSi. The van der Waals surface area contributed by atoms with Gasteiger partial charge >= 0.3 is 0 Å². The van der Waals surface area contributed by atoms with Gasteiger partial charge in [-0.25, -0.2) is 0 Å². The summed E-state index contributed by atoms with van der Waals surface area (Å²) in [7, 11) is -1.56. The molecule has 2 aliphatic rings. The second-order valence-corrected chi connectivity index (χ2v) is 11.5. The van der Waals surface area contributed by atoms with Crippen LogP contribution in [0.25, 0.3) is 0 Å². The van der Waals surface area contributed by atoms with Crippen LogP contribution in [0.1, 0.15) is 47.0 Å². The molecule has 0 unspecified atom stereocenters. The van der Waals surface area contributed by atoms with Gasteiger partial charge in [0.15, 0.2) is 7.38 Å². The first-order chi connectivity index (χ1) is 7.47. The van der Waals surface area contributed by atoms with Crippen LogP contribution in [0.15, 0.2) is 22.3 Å². The average molecular weight is 255 g/mol. The molecule has 0 spiro atoms. The molecule has 0 nitrogen and oxygen atoms in total. The molecule has 90 valence electrons. The first-order valence-corrected chi connectivity index (χ1v) is 10.0. The maximum Gasteiger partial charge on any atom is 0.167 e. The van der Waals surface area contributed by atoms with Gasteiger partial charge in [-0.05, 0) is 50.9 Å². The Morgan fingerprint density at radius 2 is 1.31 bits per heavy atom. The highest BCUT2D eigenvalue weighted by molar-refractivity contribution is 7.21. The Balaban J connectivity index is 2.34. The molecule has 0 aromatic rings. The summed E-state index contributed by atoms with van der Waals surface area (Å²) in [6.07, 6.45) is 4.13. The normalized spacial score (nSPS) is 26.8. The lowest BCUT2D eigenvalue weighted by Crippen LogP contribution is -2.36. The van der Waals surface area contributed by atoms with Crippen LogP contribution in [-0.2, 0) is 0 Å². The second-order valence-electron chi connectivity index (χ2n) is 5.64. The fourth-order valence-corrected chi connectivity index (χ4v) is 9.83. The van der Waals surface area contributed by atoms with Crippen LogP contribution in [0.4, 0.5) is 0 Å². The van der Waals surface area contributed by atoms with E-state index in [-0.39, 0.29) is 0 Å². The SMILES string of the molecule is CC1=C(C)C([Si]2(Cl)CCCCC2)C(C)=C1C. The number of rotatable bonds is 1. The number of halogens is 1. The van der Waals surface area contributed by atoms with Crippen molar-refractivity contribution in [3.63, 3.8) is 0 Å². The zero-order chi connectivity index (χ0) is 11.9. The quantitative estimate of drug-likeness (QED) is 0.434. The van der Waals surface area contributed by atoms with Gasteiger partial charge in [0.2, 0.25) is 0 Å². The lowest BCUT2D eigenvalue weighted by molar-refractivity contribution is 0.709. The van der Waals surface area contributed by atoms with E-state index in [1.165, 1.54) is 42.5 Å². The van der Waals surface area contributed by atoms with Gasteiger partial charge in [-0.15, -0.1) is 0 Å². The summed E-state index contributed by atoms with van der Waals surface area (Å²) < 4.78 is 0. The summed E-state index contributed by atoms with van der Waals surface area (Å²) in [5.41, 5.74) is 6.84. The van der Waals surface area contributed by atoms with Crippen LogP contribution >= 0.6 is 11.1 Å². The molecule has 1 heterocycles. The van der Waals surface area contributed by atoms with Crippen LogP contribution in [0.3, 0.4) is 0 Å². The Kier molecular flexibility index (Phi) is 3.38. The Morgan fingerprint density at radius 1 is 0.875 bits per heavy atom. The summed E-state index contributed by atoms with van der Waals surface area (Å²) in [6, 6.07) is 2.66. The van der Waals surface area contributed by atoms with E-state index >= 15 is 0 Å². The van der Waals surface area contributed by atoms with Gasteiger partial charge in [0, 0.05) is 5.54 Å². The van der Waals surface area contributed by atoms with Gasteiger partial charge in [-0.3, -0.25) is 0 Å². The lowest BCUT2D eigenvalue weighted by atomic mass is 10.1. The van der Waals surface area contributed by atoms with Gasteiger partial charge in [-0.1, -0.05) is 30.4 Å². The predicted octanol–water partition coefficient (Wildman–Crippen LogP) is 5.41. The molecular weight excluding hydrogens is 232 g/mol. The minimum absolute atomic E-state index is 0.648. The summed E-state index contributed by atoms with van der Waals surface area (Å²) in [6.45, 7) is 9.16. The van der Waals surface area contributed by atoms with E-state index in [1.807, 2.05) is 0 Å². The molecule has 0 saturated carbocycles. The van der Waals surface area contributed by atoms with Crippen molar-refractivity contribution in [1.29, 1.82) is 0 Å². The molecule has 1 aliphatic carbocycles. The van der Waals surface area contributed by atoms with Crippen molar-refractivity contribution in [2.75, 3.05) is 0 Å². The van der Waals surface area contributed by atoms with Crippen LogP contribution in [-0.4, -0.2) is 7.38 Å². The fraction of sp³-hybridized carbons (Fsp3) is 0.714. The first kappa shape index (κ1) is 12.4. The molecule has 0 radical (unpaired) electrons. The third-order valence-corrected chi connectivity index (χ3v) is 10.9. The van der Waals surface area contributed by atoms with E-state index in [0.717, 1.165) is 0 Å². The highest BCUT2D eigenvalue weighted by Crippen LogP contribution is 2.53. The first-order valence-electron chi connectivity index (χ1n) is 6.51. The van der Waals surface area contributed by atoms with Crippen molar-refractivity contribution in [1.82, 2.24) is 0 Å². The van der Waals surface area contributed by atoms with Gasteiger partial charge in [0.05, 0.1) is 0 Å². The molecule has 0 aromatic heterocycles. The van der Waals surface area contributed by atoms with E-state index in [2.05, 4.69) is 27.7 Å². The third kappa shape index (κ3) is 1.82. The molecule has 0 atom stereocenters. The Hall–Kier alpha value is -0.0131. The topological polar surface area (TPSA) is 0 Å². The summed E-state index contributed by atoms with van der Waals surface area (Å²) in [5, 5.41) is 0. The zero-order valence-electron chi connectivity index (χ0n) is 11.0. The molecule has 0 aromatic carbocycles. The number of hydrogen-bond acceptors (Lipinski definition) is 0. The lowest BCUT2D eigenvalue weighted by Gasteiger charge is -2.36. The largest absolute Gasteiger partial charge is 0.167 e. The van der Waals surface area contributed by atoms with E-state index in [0.29, 0.717) is 5.54 Å². The van der Waals surface area contributed by atoms with Crippen molar-refractivity contribution in [2.45, 2.75) is 64.6 Å². The summed E-state index contributed by atoms with van der Waals surface area (Å²) in [4.78, 5) is 0. The minimum atomic E-state index is -1.56. The minimum Gasteiger partial charge on any atom is -0.166 e. The molecule has 1 fully saturated rings. The smallest absolute Gasteiger partial charge is 0.166 e. The molecule has 1 saturated heterocycles. The van der Waals surface area contributed by atoms with Crippen LogP contribution < -0.4 is 0 Å². The highest BCUT2D eigenvalue weighted by Gasteiger charge is 2.45. The van der Waals surface area contributed by atoms with Crippen LogP contribution in [0, 0.1) is 0 Å². The van der Waals surface area contributed by atoms with Crippen molar-refractivity contribution < 1.29 is 0 Å². The average Bonchev–Trinajstić information content (AvgIpc) is 2.45. The monoisotopic (exact) mass is 254 g/mol. The molecule has 0 N–H and O–H groups in total. The van der Waals surface area contributed by atoms with Crippen LogP contribution in [0.2, 0.25) is 17.6 Å². The van der Waals surface area contributed by atoms with Gasteiger partial charge < -0.3 is 0 Å². The van der Waals surface area contributed by atoms with E-state index in [1.54, 1.807) is 11.1 Å². The zero-order valence-corrected chi connectivity index (χ0v) is 12.7.